The van der Waals surface area contributed by atoms with Gasteiger partial charge in [-0.1, -0.05) is 25.5 Å². The number of aryl methyl sites for hydroxylation is 1. The average Bonchev–Trinajstić information content (AvgIpc) is 2.66. The Hall–Kier alpha value is -1.60. The van der Waals surface area contributed by atoms with Crippen molar-refractivity contribution < 1.29 is 17.9 Å². The molecule has 1 aromatic carbocycles. The van der Waals surface area contributed by atoms with E-state index in [1.54, 1.807) is 4.31 Å². The lowest BCUT2D eigenvalue weighted by molar-refractivity contribution is -0.126. The predicted octanol–water partition coefficient (Wildman–Crippen LogP) is 2.72. The van der Waals surface area contributed by atoms with Crippen molar-refractivity contribution in [2.75, 3.05) is 32.0 Å². The van der Waals surface area contributed by atoms with Gasteiger partial charge in [0.2, 0.25) is 15.9 Å². The minimum absolute atomic E-state index is 0.0242. The van der Waals surface area contributed by atoms with Gasteiger partial charge in [-0.05, 0) is 50.3 Å². The molecular weight excluding hydrogens is 364 g/mol. The summed E-state index contributed by atoms with van der Waals surface area (Å²) in [5.74, 6) is 0.982. The Labute approximate surface area is 163 Å². The molecule has 0 aromatic heterocycles. The van der Waals surface area contributed by atoms with E-state index >= 15 is 0 Å². The molecule has 0 unspecified atom stereocenters. The van der Waals surface area contributed by atoms with Gasteiger partial charge in [-0.3, -0.25) is 4.79 Å². The lowest BCUT2D eigenvalue weighted by Gasteiger charge is -2.30. The number of carbonyl (C=O) groups excluding carboxylic acids is 1. The summed E-state index contributed by atoms with van der Waals surface area (Å²) in [6.07, 6.45) is 3.48. The van der Waals surface area contributed by atoms with Crippen LogP contribution < -0.4 is 10.1 Å². The van der Waals surface area contributed by atoms with E-state index < -0.39 is 10.0 Å². The second-order valence-electron chi connectivity index (χ2n) is 7.15. The standard InChI is InChI=1S/C20H32N2O4S/c1-3-4-15-27(24,25)22-12-9-18(10-13-22)20(23)21-11-6-14-26-19-8-5-7-17(2)16-19/h5,7-8,16,18H,3-4,6,9-15H2,1-2H3,(H,21,23). The molecule has 0 saturated carbocycles. The van der Waals surface area contributed by atoms with Gasteiger partial charge in [0.1, 0.15) is 5.75 Å². The lowest BCUT2D eigenvalue weighted by atomic mass is 9.97. The average molecular weight is 397 g/mol. The van der Waals surface area contributed by atoms with Gasteiger partial charge >= 0.3 is 0 Å². The Balaban J connectivity index is 1.63. The normalized spacial score (nSPS) is 16.2. The third-order valence-corrected chi connectivity index (χ3v) is 6.81. The molecule has 1 N–H and O–H groups in total. The second-order valence-corrected chi connectivity index (χ2v) is 9.24. The first-order valence-electron chi connectivity index (χ1n) is 9.87. The highest BCUT2D eigenvalue weighted by atomic mass is 32.2. The van der Waals surface area contributed by atoms with Gasteiger partial charge in [-0.15, -0.1) is 0 Å². The monoisotopic (exact) mass is 396 g/mol. The van der Waals surface area contributed by atoms with E-state index in [-0.39, 0.29) is 17.6 Å². The number of ether oxygens (including phenoxy) is 1. The number of piperidine rings is 1. The van der Waals surface area contributed by atoms with Gasteiger partial charge in [0.05, 0.1) is 12.4 Å². The summed E-state index contributed by atoms with van der Waals surface area (Å²) in [7, 11) is -3.16. The first-order valence-corrected chi connectivity index (χ1v) is 11.5. The molecule has 0 radical (unpaired) electrons. The molecule has 1 aliphatic rings. The molecule has 1 heterocycles. The number of unbranched alkanes of at least 4 members (excludes halogenated alkanes) is 1. The van der Waals surface area contributed by atoms with Crippen molar-refractivity contribution in [1.82, 2.24) is 9.62 Å². The lowest BCUT2D eigenvalue weighted by Crippen LogP contribution is -2.43. The third-order valence-electron chi connectivity index (χ3n) is 4.85. The minimum Gasteiger partial charge on any atom is -0.494 e. The maximum Gasteiger partial charge on any atom is 0.223 e. The predicted molar refractivity (Wildman–Crippen MR) is 107 cm³/mol. The van der Waals surface area contributed by atoms with Crippen LogP contribution in [-0.2, 0) is 14.8 Å². The van der Waals surface area contributed by atoms with Crippen LogP contribution in [0.25, 0.3) is 0 Å². The molecule has 1 amide bonds. The Morgan fingerprint density at radius 1 is 1.26 bits per heavy atom. The fourth-order valence-electron chi connectivity index (χ4n) is 3.18. The van der Waals surface area contributed by atoms with Crippen LogP contribution >= 0.6 is 0 Å². The van der Waals surface area contributed by atoms with Gasteiger partial charge < -0.3 is 10.1 Å². The molecule has 1 fully saturated rings. The highest BCUT2D eigenvalue weighted by Gasteiger charge is 2.30. The quantitative estimate of drug-likeness (QED) is 0.617. The van der Waals surface area contributed by atoms with Gasteiger partial charge in [0, 0.05) is 25.6 Å². The highest BCUT2D eigenvalue weighted by molar-refractivity contribution is 7.89. The van der Waals surface area contributed by atoms with E-state index in [9.17, 15) is 13.2 Å². The number of carbonyl (C=O) groups is 1. The molecular formula is C20H32N2O4S. The van der Waals surface area contributed by atoms with Crippen LogP contribution in [0.5, 0.6) is 5.75 Å². The zero-order valence-electron chi connectivity index (χ0n) is 16.4. The Bertz CT molecular complexity index is 698. The number of nitrogens with one attached hydrogen (secondary N) is 1. The summed E-state index contributed by atoms with van der Waals surface area (Å²) >= 11 is 0. The molecule has 1 aromatic rings. The van der Waals surface area contributed by atoms with Crippen molar-refractivity contribution in [1.29, 1.82) is 0 Å². The number of sulfonamides is 1. The Morgan fingerprint density at radius 2 is 2.00 bits per heavy atom. The SMILES string of the molecule is CCCCS(=O)(=O)N1CCC(C(=O)NCCCOc2cccc(C)c2)CC1. The van der Waals surface area contributed by atoms with E-state index in [1.165, 1.54) is 0 Å². The first-order chi connectivity index (χ1) is 12.9. The summed E-state index contributed by atoms with van der Waals surface area (Å²) in [4.78, 5) is 12.3. The van der Waals surface area contributed by atoms with Crippen molar-refractivity contribution in [3.05, 3.63) is 29.8 Å². The molecule has 152 valence electrons. The Kier molecular flexibility index (Phi) is 8.57. The fourth-order valence-corrected chi connectivity index (χ4v) is 4.85. The number of hydrogen-bond acceptors (Lipinski definition) is 4. The maximum atomic E-state index is 12.3. The molecule has 0 aliphatic carbocycles. The number of amides is 1. The number of rotatable bonds is 10. The molecule has 1 aliphatic heterocycles. The van der Waals surface area contributed by atoms with Crippen LogP contribution in [0.3, 0.4) is 0 Å². The number of benzene rings is 1. The molecule has 0 atom stereocenters. The fraction of sp³-hybridized carbons (Fsp3) is 0.650. The van der Waals surface area contributed by atoms with Gasteiger partial charge in [0.25, 0.3) is 0 Å². The van der Waals surface area contributed by atoms with E-state index in [0.717, 1.165) is 24.2 Å². The molecule has 0 bridgehead atoms. The Morgan fingerprint density at radius 3 is 2.67 bits per heavy atom. The smallest absolute Gasteiger partial charge is 0.223 e. The zero-order chi connectivity index (χ0) is 19.7. The summed E-state index contributed by atoms with van der Waals surface area (Å²) in [5, 5.41) is 2.95. The van der Waals surface area contributed by atoms with Crippen LogP contribution in [0.2, 0.25) is 0 Å². The van der Waals surface area contributed by atoms with Crippen molar-refractivity contribution in [2.45, 2.75) is 46.0 Å². The van der Waals surface area contributed by atoms with Crippen LogP contribution in [-0.4, -0.2) is 50.6 Å². The molecule has 6 nitrogen and oxygen atoms in total. The van der Waals surface area contributed by atoms with Crippen LogP contribution in [0.1, 0.15) is 44.6 Å². The molecule has 1 saturated heterocycles. The highest BCUT2D eigenvalue weighted by Crippen LogP contribution is 2.20. The van der Waals surface area contributed by atoms with Crippen molar-refractivity contribution in [3.8, 4) is 5.75 Å². The van der Waals surface area contributed by atoms with Crippen molar-refractivity contribution in [2.24, 2.45) is 5.92 Å². The van der Waals surface area contributed by atoms with E-state index in [4.69, 9.17) is 4.74 Å². The topological polar surface area (TPSA) is 75.7 Å². The van der Waals surface area contributed by atoms with Gasteiger partial charge in [0.15, 0.2) is 0 Å². The largest absolute Gasteiger partial charge is 0.494 e. The molecule has 27 heavy (non-hydrogen) atoms. The number of hydrogen-bond donors (Lipinski definition) is 1. The molecule has 2 rings (SSSR count). The maximum absolute atomic E-state index is 12.3. The van der Waals surface area contributed by atoms with Crippen molar-refractivity contribution in [3.63, 3.8) is 0 Å². The summed E-state index contributed by atoms with van der Waals surface area (Å²) < 4.78 is 31.6. The second kappa shape index (κ2) is 10.7. The van der Waals surface area contributed by atoms with Gasteiger partial charge in [-0.25, -0.2) is 12.7 Å². The van der Waals surface area contributed by atoms with Gasteiger partial charge in [-0.2, -0.15) is 0 Å². The summed E-state index contributed by atoms with van der Waals surface area (Å²) in [5.41, 5.74) is 1.16. The third kappa shape index (κ3) is 7.14. The van der Waals surface area contributed by atoms with Crippen LogP contribution in [0.4, 0.5) is 0 Å². The minimum atomic E-state index is -3.16. The molecule has 0 spiro atoms. The first kappa shape index (κ1) is 21.7. The summed E-state index contributed by atoms with van der Waals surface area (Å²) in [6, 6.07) is 7.89. The number of nitrogens with zero attached hydrogens (tertiary/aromatic N) is 1. The van der Waals surface area contributed by atoms with Crippen molar-refractivity contribution >= 4 is 15.9 Å². The molecule has 7 heteroatoms. The van der Waals surface area contributed by atoms with Crippen LogP contribution in [0.15, 0.2) is 24.3 Å². The van der Waals surface area contributed by atoms with Crippen LogP contribution in [0, 0.1) is 12.8 Å². The zero-order valence-corrected chi connectivity index (χ0v) is 17.3. The van der Waals surface area contributed by atoms with E-state index in [2.05, 4.69) is 5.32 Å². The van der Waals surface area contributed by atoms with E-state index in [1.807, 2.05) is 38.1 Å². The van der Waals surface area contributed by atoms with E-state index in [0.29, 0.717) is 45.5 Å². The summed E-state index contributed by atoms with van der Waals surface area (Å²) in [6.45, 7) is 6.02.